The van der Waals surface area contributed by atoms with Crippen molar-refractivity contribution in [2.24, 2.45) is 11.7 Å². The van der Waals surface area contributed by atoms with Crippen LogP contribution in [0.25, 0.3) is 16.6 Å². The molecule has 11 nitrogen and oxygen atoms in total. The van der Waals surface area contributed by atoms with Crippen molar-refractivity contribution in [3.8, 4) is 5.69 Å². The monoisotopic (exact) mass is 433 g/mol. The minimum Gasteiger partial charge on any atom is -0.368 e. The fourth-order valence-electron chi connectivity index (χ4n) is 3.31. The molecule has 32 heavy (non-hydrogen) atoms. The van der Waals surface area contributed by atoms with Crippen molar-refractivity contribution >= 4 is 34.3 Å². The molecule has 0 spiro atoms. The number of carbonyl (C=O) groups excluding carboxylic acids is 1. The van der Waals surface area contributed by atoms with Crippen molar-refractivity contribution in [1.82, 2.24) is 29.9 Å². The number of anilines is 3. The summed E-state index contributed by atoms with van der Waals surface area (Å²) < 4.78 is 0. The van der Waals surface area contributed by atoms with Gasteiger partial charge in [-0.1, -0.05) is 19.9 Å². The van der Waals surface area contributed by atoms with Gasteiger partial charge in [-0.05, 0) is 36.6 Å². The number of benzene rings is 1. The molecular weight excluding hydrogens is 410 g/mol. The van der Waals surface area contributed by atoms with Gasteiger partial charge in [-0.15, -0.1) is 0 Å². The first kappa shape index (κ1) is 21.0. The number of nitrogens with two attached hydrogens (primary N) is 1. The minimum atomic E-state index is -0.642. The third-order valence-electron chi connectivity index (χ3n) is 4.73. The van der Waals surface area contributed by atoms with Gasteiger partial charge in [-0.2, -0.15) is 20.0 Å². The summed E-state index contributed by atoms with van der Waals surface area (Å²) in [5.41, 5.74) is 7.04. The predicted molar refractivity (Wildman–Crippen MR) is 121 cm³/mol. The Balaban J connectivity index is 1.74. The number of pyridine rings is 1. The topological polar surface area (TPSA) is 156 Å². The predicted octanol–water partition coefficient (Wildman–Crippen LogP) is 1.95. The van der Waals surface area contributed by atoms with Crippen molar-refractivity contribution in [1.29, 1.82) is 0 Å². The molecule has 3 heterocycles. The van der Waals surface area contributed by atoms with E-state index in [0.29, 0.717) is 23.0 Å². The summed E-state index contributed by atoms with van der Waals surface area (Å²) in [7, 11) is 0. The summed E-state index contributed by atoms with van der Waals surface area (Å²) >= 11 is 0. The molecule has 1 atom stereocenters. The maximum atomic E-state index is 12.5. The van der Waals surface area contributed by atoms with Crippen LogP contribution in [0.1, 0.15) is 20.3 Å². The zero-order valence-corrected chi connectivity index (χ0v) is 17.6. The van der Waals surface area contributed by atoms with Gasteiger partial charge in [0.2, 0.25) is 11.9 Å². The largest absolute Gasteiger partial charge is 0.368 e. The third kappa shape index (κ3) is 4.56. The van der Waals surface area contributed by atoms with Crippen molar-refractivity contribution in [2.45, 2.75) is 26.3 Å². The Morgan fingerprint density at radius 3 is 2.69 bits per heavy atom. The van der Waals surface area contributed by atoms with Gasteiger partial charge in [-0.3, -0.25) is 9.59 Å². The summed E-state index contributed by atoms with van der Waals surface area (Å²) in [5, 5.41) is 14.7. The van der Waals surface area contributed by atoms with Crippen molar-refractivity contribution in [3.63, 3.8) is 0 Å². The maximum Gasteiger partial charge on any atom is 0.261 e. The Bertz CT molecular complexity index is 1300. The molecule has 0 fully saturated rings. The SMILES string of the molecule is CC(C)C[C@@H](Nc1nc(Nc2cccc(-n3nccn3)c2)c2c(=O)[nH]ccc2n1)C(N)=O. The number of nitrogens with zero attached hydrogens (tertiary/aromatic N) is 5. The molecule has 0 bridgehead atoms. The van der Waals surface area contributed by atoms with Crippen LogP contribution in [0.15, 0.2) is 53.7 Å². The number of aromatic nitrogens is 6. The number of fused-ring (bicyclic) bond motifs is 1. The van der Waals surface area contributed by atoms with E-state index in [1.807, 2.05) is 38.1 Å². The van der Waals surface area contributed by atoms with Gasteiger partial charge in [0.25, 0.3) is 5.56 Å². The summed E-state index contributed by atoms with van der Waals surface area (Å²) in [6.45, 7) is 3.99. The minimum absolute atomic E-state index is 0.194. The molecule has 3 aromatic heterocycles. The van der Waals surface area contributed by atoms with Crippen LogP contribution in [-0.2, 0) is 4.79 Å². The Labute approximate surface area is 183 Å². The van der Waals surface area contributed by atoms with Gasteiger partial charge >= 0.3 is 0 Å². The van der Waals surface area contributed by atoms with Crippen LogP contribution in [-0.4, -0.2) is 41.9 Å². The Morgan fingerprint density at radius 2 is 1.97 bits per heavy atom. The smallest absolute Gasteiger partial charge is 0.261 e. The van der Waals surface area contributed by atoms with Crippen LogP contribution in [0.4, 0.5) is 17.5 Å². The number of H-pyrrole nitrogens is 1. The van der Waals surface area contributed by atoms with Gasteiger partial charge in [0.05, 0.1) is 23.6 Å². The van der Waals surface area contributed by atoms with Crippen molar-refractivity contribution in [2.75, 3.05) is 10.6 Å². The third-order valence-corrected chi connectivity index (χ3v) is 4.73. The molecule has 0 aliphatic heterocycles. The van der Waals surface area contributed by atoms with E-state index in [9.17, 15) is 9.59 Å². The second-order valence-corrected chi connectivity index (χ2v) is 7.69. The molecule has 0 unspecified atom stereocenters. The summed E-state index contributed by atoms with van der Waals surface area (Å²) in [5.74, 6) is 0.222. The molecular formula is C21H23N9O2. The highest BCUT2D eigenvalue weighted by Crippen LogP contribution is 2.24. The highest BCUT2D eigenvalue weighted by Gasteiger charge is 2.20. The zero-order valence-electron chi connectivity index (χ0n) is 17.6. The fraction of sp³-hybridized carbons (Fsp3) is 0.238. The Hall–Kier alpha value is -4.28. The van der Waals surface area contributed by atoms with Crippen LogP contribution in [0.3, 0.4) is 0 Å². The summed E-state index contributed by atoms with van der Waals surface area (Å²) in [6.07, 6.45) is 5.20. The molecule has 0 aliphatic carbocycles. The van der Waals surface area contributed by atoms with Gasteiger partial charge in [0.1, 0.15) is 17.2 Å². The number of amides is 1. The van der Waals surface area contributed by atoms with Gasteiger partial charge in [0, 0.05) is 11.9 Å². The molecule has 0 radical (unpaired) electrons. The molecule has 4 aromatic rings. The molecule has 11 heteroatoms. The van der Waals surface area contributed by atoms with E-state index >= 15 is 0 Å². The molecule has 0 saturated heterocycles. The first-order valence-electron chi connectivity index (χ1n) is 10.1. The number of carbonyl (C=O) groups is 1. The number of hydrogen-bond acceptors (Lipinski definition) is 8. The molecule has 4 rings (SSSR count). The first-order valence-corrected chi connectivity index (χ1v) is 10.1. The average Bonchev–Trinajstić information content (AvgIpc) is 3.28. The summed E-state index contributed by atoms with van der Waals surface area (Å²) in [6, 6.07) is 8.36. The molecule has 1 amide bonds. The number of rotatable bonds is 8. The van der Waals surface area contributed by atoms with Crippen LogP contribution < -0.4 is 21.9 Å². The van der Waals surface area contributed by atoms with E-state index in [1.165, 1.54) is 11.0 Å². The highest BCUT2D eigenvalue weighted by molar-refractivity contribution is 5.91. The van der Waals surface area contributed by atoms with Crippen molar-refractivity contribution in [3.05, 3.63) is 59.3 Å². The Kier molecular flexibility index (Phi) is 5.79. The average molecular weight is 433 g/mol. The lowest BCUT2D eigenvalue weighted by atomic mass is 10.0. The van der Waals surface area contributed by atoms with Gasteiger partial charge in [-0.25, -0.2) is 4.98 Å². The van der Waals surface area contributed by atoms with E-state index in [1.54, 1.807) is 18.5 Å². The second kappa shape index (κ2) is 8.84. The zero-order chi connectivity index (χ0) is 22.7. The van der Waals surface area contributed by atoms with E-state index in [0.717, 1.165) is 5.69 Å². The van der Waals surface area contributed by atoms with Gasteiger partial charge in [0.15, 0.2) is 0 Å². The molecule has 1 aromatic carbocycles. The lowest BCUT2D eigenvalue weighted by Crippen LogP contribution is -2.37. The molecule has 0 saturated carbocycles. The number of nitrogens with one attached hydrogen (secondary N) is 3. The molecule has 5 N–H and O–H groups in total. The number of aromatic amines is 1. The Morgan fingerprint density at radius 1 is 1.19 bits per heavy atom. The standard InChI is InChI=1S/C21H23N9O2/c1-12(2)10-16(18(22)31)28-21-27-15-6-7-23-20(32)17(15)19(29-21)26-13-4-3-5-14(11-13)30-24-8-9-25-30/h3-9,11-12,16H,10H2,1-2H3,(H2,22,31)(H,23,32)(H2,26,27,28,29)/t16-/m1/s1. The maximum absolute atomic E-state index is 12.5. The lowest BCUT2D eigenvalue weighted by Gasteiger charge is -2.18. The normalized spacial score (nSPS) is 12.1. The second-order valence-electron chi connectivity index (χ2n) is 7.69. The summed E-state index contributed by atoms with van der Waals surface area (Å²) in [4.78, 5) is 37.5. The van der Waals surface area contributed by atoms with Crippen molar-refractivity contribution < 1.29 is 4.79 Å². The fourth-order valence-corrected chi connectivity index (χ4v) is 3.31. The quantitative estimate of drug-likeness (QED) is 0.328. The number of hydrogen-bond donors (Lipinski definition) is 4. The first-order chi connectivity index (χ1) is 15.4. The van der Waals surface area contributed by atoms with Crippen LogP contribution >= 0.6 is 0 Å². The van der Waals surface area contributed by atoms with Crippen LogP contribution in [0, 0.1) is 5.92 Å². The van der Waals surface area contributed by atoms with Gasteiger partial charge < -0.3 is 21.4 Å². The number of primary amides is 1. The van der Waals surface area contributed by atoms with Crippen LogP contribution in [0.5, 0.6) is 0 Å². The van der Waals surface area contributed by atoms with E-state index in [2.05, 4.69) is 35.8 Å². The van der Waals surface area contributed by atoms with E-state index in [-0.39, 0.29) is 23.2 Å². The lowest BCUT2D eigenvalue weighted by molar-refractivity contribution is -0.119. The molecule has 164 valence electrons. The van der Waals surface area contributed by atoms with E-state index < -0.39 is 11.9 Å². The molecule has 0 aliphatic rings. The van der Waals surface area contributed by atoms with E-state index in [4.69, 9.17) is 5.73 Å². The van der Waals surface area contributed by atoms with Crippen LogP contribution in [0.2, 0.25) is 0 Å². The highest BCUT2D eigenvalue weighted by atomic mass is 16.1.